The first kappa shape index (κ1) is 13.4. The Bertz CT molecular complexity index is 602. The Kier molecular flexibility index (Phi) is 3.97. The lowest BCUT2D eigenvalue weighted by molar-refractivity contribution is 0.277. The number of nitrogens with two attached hydrogens (primary N) is 1. The summed E-state index contributed by atoms with van der Waals surface area (Å²) < 4.78 is 0. The van der Waals surface area contributed by atoms with Crippen LogP contribution in [0.25, 0.3) is 11.3 Å². The Morgan fingerprint density at radius 3 is 2.44 bits per heavy atom. The van der Waals surface area contributed by atoms with Gasteiger partial charge in [0.1, 0.15) is 0 Å². The van der Waals surface area contributed by atoms with Gasteiger partial charge in [-0.15, -0.1) is 0 Å². The van der Waals surface area contributed by atoms with Crippen LogP contribution in [0.3, 0.4) is 0 Å². The molecular formula is C12H9Cl3N2O. The fourth-order valence-corrected chi connectivity index (χ4v) is 2.15. The standard InChI is InChI=1S/C12H9Cl3N2O/c13-8-3-2-7(10(14)11(8)15)12-9(16)4-1-6(5-18)17-12/h1-4,18H,5,16H2. The summed E-state index contributed by atoms with van der Waals surface area (Å²) in [4.78, 5) is 4.23. The maximum absolute atomic E-state index is 9.08. The zero-order valence-electron chi connectivity index (χ0n) is 9.12. The van der Waals surface area contributed by atoms with Crippen molar-refractivity contribution in [2.24, 2.45) is 0 Å². The molecule has 3 nitrogen and oxygen atoms in total. The third kappa shape index (κ3) is 2.40. The second-order valence-electron chi connectivity index (χ2n) is 3.62. The molecule has 0 amide bonds. The largest absolute Gasteiger partial charge is 0.397 e. The SMILES string of the molecule is Nc1ccc(CO)nc1-c1ccc(Cl)c(Cl)c1Cl. The van der Waals surface area contributed by atoms with Crippen molar-refractivity contribution in [2.45, 2.75) is 6.61 Å². The summed E-state index contributed by atoms with van der Waals surface area (Å²) in [5.74, 6) is 0. The fraction of sp³-hybridized carbons (Fsp3) is 0.0833. The van der Waals surface area contributed by atoms with Crippen LogP contribution in [0.15, 0.2) is 24.3 Å². The van der Waals surface area contributed by atoms with Gasteiger partial charge in [0.15, 0.2) is 0 Å². The molecule has 0 fully saturated rings. The normalized spacial score (nSPS) is 10.7. The maximum Gasteiger partial charge on any atom is 0.0951 e. The first-order chi connectivity index (χ1) is 8.54. The highest BCUT2D eigenvalue weighted by Crippen LogP contribution is 2.39. The molecule has 0 aliphatic carbocycles. The van der Waals surface area contributed by atoms with Gasteiger partial charge in [0.25, 0.3) is 0 Å². The Morgan fingerprint density at radius 2 is 1.78 bits per heavy atom. The van der Waals surface area contributed by atoms with Gasteiger partial charge in [0.05, 0.1) is 38.8 Å². The molecule has 0 bridgehead atoms. The topological polar surface area (TPSA) is 59.1 Å². The van der Waals surface area contributed by atoms with Crippen molar-refractivity contribution in [2.75, 3.05) is 5.73 Å². The molecule has 0 saturated heterocycles. The number of benzene rings is 1. The number of rotatable bonds is 2. The third-order valence-electron chi connectivity index (χ3n) is 2.44. The molecule has 2 aromatic rings. The van der Waals surface area contributed by atoms with Crippen LogP contribution in [0.5, 0.6) is 0 Å². The van der Waals surface area contributed by atoms with E-state index in [1.807, 2.05) is 0 Å². The lowest BCUT2D eigenvalue weighted by Crippen LogP contribution is -1.98. The van der Waals surface area contributed by atoms with E-state index in [0.717, 1.165) is 0 Å². The maximum atomic E-state index is 9.08. The van der Waals surface area contributed by atoms with Crippen molar-refractivity contribution in [3.05, 3.63) is 45.0 Å². The van der Waals surface area contributed by atoms with E-state index in [9.17, 15) is 0 Å². The van der Waals surface area contributed by atoms with Crippen molar-refractivity contribution < 1.29 is 5.11 Å². The van der Waals surface area contributed by atoms with Gasteiger partial charge in [0, 0.05) is 5.56 Å². The molecule has 0 aliphatic heterocycles. The number of aliphatic hydroxyl groups excluding tert-OH is 1. The molecule has 0 spiro atoms. The van der Waals surface area contributed by atoms with Gasteiger partial charge >= 0.3 is 0 Å². The molecule has 0 unspecified atom stereocenters. The summed E-state index contributed by atoms with van der Waals surface area (Å²) >= 11 is 18.0. The van der Waals surface area contributed by atoms with E-state index in [4.69, 9.17) is 45.6 Å². The van der Waals surface area contributed by atoms with Crippen LogP contribution in [0, 0.1) is 0 Å². The van der Waals surface area contributed by atoms with E-state index in [1.165, 1.54) is 0 Å². The quantitative estimate of drug-likeness (QED) is 0.830. The van der Waals surface area contributed by atoms with E-state index in [2.05, 4.69) is 4.98 Å². The molecular weight excluding hydrogens is 295 g/mol. The van der Waals surface area contributed by atoms with Gasteiger partial charge in [-0.3, -0.25) is 0 Å². The van der Waals surface area contributed by atoms with Crippen LogP contribution in [-0.4, -0.2) is 10.1 Å². The van der Waals surface area contributed by atoms with Gasteiger partial charge in [-0.1, -0.05) is 34.8 Å². The molecule has 18 heavy (non-hydrogen) atoms. The highest BCUT2D eigenvalue weighted by molar-refractivity contribution is 6.49. The molecule has 6 heteroatoms. The molecule has 0 saturated carbocycles. The Balaban J connectivity index is 2.65. The number of nitrogens with zero attached hydrogens (tertiary/aromatic N) is 1. The smallest absolute Gasteiger partial charge is 0.0951 e. The van der Waals surface area contributed by atoms with Crippen molar-refractivity contribution in [3.8, 4) is 11.3 Å². The van der Waals surface area contributed by atoms with E-state index in [0.29, 0.717) is 32.7 Å². The first-order valence-corrected chi connectivity index (χ1v) is 6.18. The third-order valence-corrected chi connectivity index (χ3v) is 3.73. The Labute approximate surface area is 119 Å². The summed E-state index contributed by atoms with van der Waals surface area (Å²) in [7, 11) is 0. The number of hydrogen-bond acceptors (Lipinski definition) is 3. The minimum Gasteiger partial charge on any atom is -0.397 e. The van der Waals surface area contributed by atoms with Crippen molar-refractivity contribution in [1.29, 1.82) is 0 Å². The number of anilines is 1. The van der Waals surface area contributed by atoms with Crippen LogP contribution < -0.4 is 5.73 Å². The number of aliphatic hydroxyl groups is 1. The molecule has 0 atom stereocenters. The molecule has 2 rings (SSSR count). The van der Waals surface area contributed by atoms with Gasteiger partial charge < -0.3 is 10.8 Å². The zero-order valence-corrected chi connectivity index (χ0v) is 11.4. The Hall–Kier alpha value is -1.000. The van der Waals surface area contributed by atoms with Gasteiger partial charge in [-0.05, 0) is 24.3 Å². The molecule has 94 valence electrons. The van der Waals surface area contributed by atoms with Crippen LogP contribution in [-0.2, 0) is 6.61 Å². The lowest BCUT2D eigenvalue weighted by atomic mass is 10.1. The van der Waals surface area contributed by atoms with Crippen LogP contribution in [0.1, 0.15) is 5.69 Å². The summed E-state index contributed by atoms with van der Waals surface area (Å²) in [6.07, 6.45) is 0. The van der Waals surface area contributed by atoms with Gasteiger partial charge in [-0.25, -0.2) is 4.98 Å². The summed E-state index contributed by atoms with van der Waals surface area (Å²) in [6, 6.07) is 6.62. The second kappa shape index (κ2) is 5.33. The Morgan fingerprint density at radius 1 is 1.06 bits per heavy atom. The van der Waals surface area contributed by atoms with E-state index >= 15 is 0 Å². The highest BCUT2D eigenvalue weighted by atomic mass is 35.5. The summed E-state index contributed by atoms with van der Waals surface area (Å²) in [5, 5.41) is 9.99. The molecule has 1 heterocycles. The zero-order chi connectivity index (χ0) is 13.3. The number of pyridine rings is 1. The average molecular weight is 304 g/mol. The minimum absolute atomic E-state index is 0.174. The second-order valence-corrected chi connectivity index (χ2v) is 4.78. The van der Waals surface area contributed by atoms with Crippen LogP contribution in [0.4, 0.5) is 5.69 Å². The predicted octanol–water partition coefficient (Wildman–Crippen LogP) is 3.78. The average Bonchev–Trinajstić information content (AvgIpc) is 2.37. The van der Waals surface area contributed by atoms with Crippen LogP contribution >= 0.6 is 34.8 Å². The monoisotopic (exact) mass is 302 g/mol. The number of halogens is 3. The molecule has 0 aliphatic rings. The molecule has 0 radical (unpaired) electrons. The fourth-order valence-electron chi connectivity index (χ4n) is 1.52. The minimum atomic E-state index is -0.174. The van der Waals surface area contributed by atoms with Crippen molar-refractivity contribution >= 4 is 40.5 Å². The van der Waals surface area contributed by atoms with E-state index in [1.54, 1.807) is 24.3 Å². The lowest BCUT2D eigenvalue weighted by Gasteiger charge is -2.10. The first-order valence-electron chi connectivity index (χ1n) is 5.04. The van der Waals surface area contributed by atoms with Gasteiger partial charge in [-0.2, -0.15) is 0 Å². The van der Waals surface area contributed by atoms with Crippen LogP contribution in [0.2, 0.25) is 15.1 Å². The van der Waals surface area contributed by atoms with Gasteiger partial charge in [0.2, 0.25) is 0 Å². The molecule has 1 aromatic heterocycles. The number of hydrogen-bond donors (Lipinski definition) is 2. The summed E-state index contributed by atoms with van der Waals surface area (Å²) in [6.45, 7) is -0.174. The summed E-state index contributed by atoms with van der Waals surface area (Å²) in [5.41, 5.74) is 7.87. The van der Waals surface area contributed by atoms with Crippen molar-refractivity contribution in [3.63, 3.8) is 0 Å². The molecule has 3 N–H and O–H groups in total. The highest BCUT2D eigenvalue weighted by Gasteiger charge is 2.14. The number of aromatic nitrogens is 1. The van der Waals surface area contributed by atoms with E-state index in [-0.39, 0.29) is 11.6 Å². The number of nitrogen functional groups attached to an aromatic ring is 1. The molecule has 1 aromatic carbocycles. The van der Waals surface area contributed by atoms with E-state index < -0.39 is 0 Å². The van der Waals surface area contributed by atoms with Crippen molar-refractivity contribution in [1.82, 2.24) is 4.98 Å². The predicted molar refractivity (Wildman–Crippen MR) is 75.0 cm³/mol.